The van der Waals surface area contributed by atoms with E-state index in [2.05, 4.69) is 5.32 Å². The Morgan fingerprint density at radius 3 is 2.32 bits per heavy atom. The zero-order valence-corrected chi connectivity index (χ0v) is 20.9. The number of rotatable bonds is 8. The van der Waals surface area contributed by atoms with Crippen molar-refractivity contribution in [3.8, 4) is 17.6 Å². The molecule has 0 saturated carbocycles. The fourth-order valence-electron chi connectivity index (χ4n) is 2.93. The van der Waals surface area contributed by atoms with Gasteiger partial charge in [-0.3, -0.25) is 4.79 Å². The molecule has 0 spiro atoms. The van der Waals surface area contributed by atoms with Crippen LogP contribution in [-0.2, 0) is 11.4 Å². The molecule has 0 aliphatic heterocycles. The number of ether oxygens (including phenoxy) is 2. The fourth-order valence-corrected chi connectivity index (χ4v) is 3.96. The fraction of sp³-hybridized carbons (Fsp3) is 0.120. The van der Waals surface area contributed by atoms with Gasteiger partial charge in [-0.1, -0.05) is 52.5 Å². The van der Waals surface area contributed by atoms with E-state index in [-0.39, 0.29) is 23.0 Å². The topological polar surface area (TPSA) is 71.3 Å². The number of nitriles is 1. The van der Waals surface area contributed by atoms with E-state index in [0.717, 1.165) is 0 Å². The second kappa shape index (κ2) is 12.0. The van der Waals surface area contributed by atoms with Crippen LogP contribution in [0.4, 0.5) is 5.69 Å². The highest BCUT2D eigenvalue weighted by molar-refractivity contribution is 6.36. The van der Waals surface area contributed by atoms with E-state index >= 15 is 0 Å². The average Bonchev–Trinajstić information content (AvgIpc) is 2.79. The molecule has 0 aliphatic rings. The summed E-state index contributed by atoms with van der Waals surface area (Å²) in [7, 11) is 0. The van der Waals surface area contributed by atoms with Gasteiger partial charge in [0.1, 0.15) is 29.7 Å². The van der Waals surface area contributed by atoms with Crippen molar-refractivity contribution in [2.75, 3.05) is 11.9 Å². The Morgan fingerprint density at radius 1 is 0.971 bits per heavy atom. The van der Waals surface area contributed by atoms with Crippen molar-refractivity contribution in [3.63, 3.8) is 0 Å². The van der Waals surface area contributed by atoms with Crippen molar-refractivity contribution in [3.05, 3.63) is 91.4 Å². The van der Waals surface area contributed by atoms with E-state index in [1.165, 1.54) is 12.1 Å². The van der Waals surface area contributed by atoms with Gasteiger partial charge in [0.15, 0.2) is 0 Å². The van der Waals surface area contributed by atoms with E-state index in [1.54, 1.807) is 48.5 Å². The molecule has 0 heterocycles. The highest BCUT2D eigenvalue weighted by atomic mass is 35.5. The van der Waals surface area contributed by atoms with E-state index in [0.29, 0.717) is 44.2 Å². The largest absolute Gasteiger partial charge is 0.494 e. The van der Waals surface area contributed by atoms with Crippen molar-refractivity contribution in [1.82, 2.24) is 0 Å². The number of carbonyl (C=O) groups is 1. The Labute approximate surface area is 217 Å². The van der Waals surface area contributed by atoms with Crippen LogP contribution in [0.15, 0.2) is 60.2 Å². The van der Waals surface area contributed by atoms with Gasteiger partial charge in [-0.15, -0.1) is 0 Å². The third kappa shape index (κ3) is 6.82. The Balaban J connectivity index is 1.85. The number of benzene rings is 3. The molecule has 3 rings (SSSR count). The summed E-state index contributed by atoms with van der Waals surface area (Å²) in [6.45, 7) is 2.49. The molecule has 1 amide bonds. The van der Waals surface area contributed by atoms with Crippen LogP contribution in [0.5, 0.6) is 11.5 Å². The van der Waals surface area contributed by atoms with E-state index in [1.807, 2.05) is 13.0 Å². The summed E-state index contributed by atoms with van der Waals surface area (Å²) in [5, 5.41) is 13.8. The van der Waals surface area contributed by atoms with Crippen LogP contribution >= 0.6 is 46.4 Å². The molecule has 9 heteroatoms. The Bertz CT molecular complexity index is 1270. The van der Waals surface area contributed by atoms with Crippen LogP contribution < -0.4 is 14.8 Å². The second-order valence-electron chi connectivity index (χ2n) is 6.91. The summed E-state index contributed by atoms with van der Waals surface area (Å²) in [6, 6.07) is 16.8. The SMILES string of the molecule is CCOc1ccc(NC(=O)/C(C#N)=C/c2cc(Cl)cc(Cl)c2OCc2ccc(Cl)cc2Cl)cc1. The maximum Gasteiger partial charge on any atom is 0.266 e. The molecule has 0 fully saturated rings. The summed E-state index contributed by atoms with van der Waals surface area (Å²) in [6.07, 6.45) is 1.36. The van der Waals surface area contributed by atoms with Gasteiger partial charge in [-0.2, -0.15) is 5.26 Å². The lowest BCUT2D eigenvalue weighted by Crippen LogP contribution is -2.13. The molecule has 5 nitrogen and oxygen atoms in total. The van der Waals surface area contributed by atoms with Gasteiger partial charge in [0.2, 0.25) is 0 Å². The first-order valence-electron chi connectivity index (χ1n) is 10.0. The number of hydrogen-bond donors (Lipinski definition) is 1. The summed E-state index contributed by atoms with van der Waals surface area (Å²) in [5.41, 5.74) is 1.39. The van der Waals surface area contributed by atoms with Crippen molar-refractivity contribution in [2.24, 2.45) is 0 Å². The lowest BCUT2D eigenvalue weighted by Gasteiger charge is -2.13. The Kier molecular flexibility index (Phi) is 9.09. The highest BCUT2D eigenvalue weighted by Gasteiger charge is 2.15. The number of carbonyl (C=O) groups excluding carboxylic acids is 1. The van der Waals surface area contributed by atoms with Gasteiger partial charge in [0.05, 0.1) is 11.6 Å². The molecule has 0 saturated heterocycles. The molecule has 0 aromatic heterocycles. The minimum Gasteiger partial charge on any atom is -0.494 e. The molecular formula is C25H18Cl4N2O3. The van der Waals surface area contributed by atoms with E-state index in [4.69, 9.17) is 55.9 Å². The van der Waals surface area contributed by atoms with Gasteiger partial charge in [0.25, 0.3) is 5.91 Å². The van der Waals surface area contributed by atoms with Gasteiger partial charge in [-0.05, 0) is 61.5 Å². The van der Waals surface area contributed by atoms with Crippen LogP contribution in [0.25, 0.3) is 6.08 Å². The molecule has 0 bridgehead atoms. The van der Waals surface area contributed by atoms with Crippen molar-refractivity contribution < 1.29 is 14.3 Å². The first kappa shape index (κ1) is 25.7. The molecule has 0 atom stereocenters. The summed E-state index contributed by atoms with van der Waals surface area (Å²) >= 11 is 24.7. The maximum absolute atomic E-state index is 12.7. The minimum absolute atomic E-state index is 0.0818. The molecule has 3 aromatic carbocycles. The molecule has 3 aromatic rings. The Hall–Kier alpha value is -2.88. The molecule has 34 heavy (non-hydrogen) atoms. The second-order valence-corrected chi connectivity index (χ2v) is 8.60. The molecule has 174 valence electrons. The summed E-state index contributed by atoms with van der Waals surface area (Å²) in [4.78, 5) is 12.7. The van der Waals surface area contributed by atoms with Gasteiger partial charge < -0.3 is 14.8 Å². The highest BCUT2D eigenvalue weighted by Crippen LogP contribution is 2.35. The number of nitrogens with zero attached hydrogens (tertiary/aromatic N) is 1. The number of amides is 1. The first-order chi connectivity index (χ1) is 16.3. The minimum atomic E-state index is -0.602. The third-order valence-electron chi connectivity index (χ3n) is 4.51. The van der Waals surface area contributed by atoms with E-state index in [9.17, 15) is 10.1 Å². The number of anilines is 1. The van der Waals surface area contributed by atoms with Crippen molar-refractivity contribution in [2.45, 2.75) is 13.5 Å². The molecule has 0 aliphatic carbocycles. The van der Waals surface area contributed by atoms with Crippen LogP contribution in [0, 0.1) is 11.3 Å². The number of hydrogen-bond acceptors (Lipinski definition) is 4. The molecule has 1 N–H and O–H groups in total. The van der Waals surface area contributed by atoms with Crippen LogP contribution in [0.2, 0.25) is 20.1 Å². The summed E-state index contributed by atoms with van der Waals surface area (Å²) < 4.78 is 11.3. The first-order valence-corrected chi connectivity index (χ1v) is 11.5. The van der Waals surface area contributed by atoms with Gasteiger partial charge in [-0.25, -0.2) is 0 Å². The number of halogens is 4. The molecular weight excluding hydrogens is 518 g/mol. The lowest BCUT2D eigenvalue weighted by molar-refractivity contribution is -0.112. The molecule has 0 radical (unpaired) electrons. The van der Waals surface area contributed by atoms with Crippen LogP contribution in [0.1, 0.15) is 18.1 Å². The quantitative estimate of drug-likeness (QED) is 0.235. The normalized spacial score (nSPS) is 11.0. The third-order valence-corrected chi connectivity index (χ3v) is 5.60. The number of nitrogens with one attached hydrogen (secondary N) is 1. The summed E-state index contributed by atoms with van der Waals surface area (Å²) in [5.74, 6) is 0.320. The maximum atomic E-state index is 12.7. The van der Waals surface area contributed by atoms with Gasteiger partial charge in [0, 0.05) is 31.9 Å². The van der Waals surface area contributed by atoms with Crippen LogP contribution in [0.3, 0.4) is 0 Å². The monoisotopic (exact) mass is 534 g/mol. The predicted molar refractivity (Wildman–Crippen MR) is 137 cm³/mol. The van der Waals surface area contributed by atoms with Crippen molar-refractivity contribution in [1.29, 1.82) is 5.26 Å². The molecule has 0 unspecified atom stereocenters. The van der Waals surface area contributed by atoms with Gasteiger partial charge >= 0.3 is 0 Å². The average molecular weight is 536 g/mol. The van der Waals surface area contributed by atoms with Crippen molar-refractivity contribution >= 4 is 64.1 Å². The lowest BCUT2D eigenvalue weighted by atomic mass is 10.1. The smallest absolute Gasteiger partial charge is 0.266 e. The predicted octanol–water partition coefficient (Wildman–Crippen LogP) is 7.82. The zero-order chi connectivity index (χ0) is 24.7. The van der Waals surface area contributed by atoms with Crippen LogP contribution in [-0.4, -0.2) is 12.5 Å². The standard InChI is InChI=1S/C25H18Cl4N2O3/c1-2-33-21-7-5-20(6-8-21)31-25(32)17(13-30)9-16-10-19(27)12-23(29)24(16)34-14-15-3-4-18(26)11-22(15)28/h3-12H,2,14H2,1H3,(H,31,32)/b17-9+. The van der Waals surface area contributed by atoms with E-state index < -0.39 is 5.91 Å². The zero-order valence-electron chi connectivity index (χ0n) is 17.9. The Morgan fingerprint density at radius 2 is 1.68 bits per heavy atom.